The Morgan fingerprint density at radius 1 is 1.21 bits per heavy atom. The molecule has 24 heavy (non-hydrogen) atoms. The van der Waals surface area contributed by atoms with Crippen LogP contribution in [0.5, 0.6) is 5.75 Å². The Kier molecular flexibility index (Phi) is 4.51. The molecule has 0 bridgehead atoms. The summed E-state index contributed by atoms with van der Waals surface area (Å²) in [4.78, 5) is 16.7. The number of benzene rings is 2. The number of hydrogen-bond acceptors (Lipinski definition) is 3. The molecule has 0 fully saturated rings. The Morgan fingerprint density at radius 2 is 1.96 bits per heavy atom. The molecule has 0 spiro atoms. The Hall–Kier alpha value is -2.82. The minimum Gasteiger partial charge on any atom is -0.496 e. The summed E-state index contributed by atoms with van der Waals surface area (Å²) in [5.74, 6) is 0.718. The van der Waals surface area contributed by atoms with Gasteiger partial charge in [0.15, 0.2) is 0 Å². The SMILES string of the molecule is COc1ccccc1CNC(=O)Cn1cnc2cc(C)c(C)cc21. The van der Waals surface area contributed by atoms with Crippen LogP contribution in [0.15, 0.2) is 42.7 Å². The Bertz CT molecular complexity index is 883. The molecule has 124 valence electrons. The second-order valence-electron chi connectivity index (χ2n) is 5.89. The number of carbonyl (C=O) groups excluding carboxylic acids is 1. The predicted molar refractivity (Wildman–Crippen MR) is 94.0 cm³/mol. The molecular weight excluding hydrogens is 302 g/mol. The van der Waals surface area contributed by atoms with E-state index in [4.69, 9.17) is 4.74 Å². The van der Waals surface area contributed by atoms with Crippen LogP contribution in [-0.2, 0) is 17.9 Å². The van der Waals surface area contributed by atoms with Crippen LogP contribution in [-0.4, -0.2) is 22.6 Å². The second-order valence-corrected chi connectivity index (χ2v) is 5.89. The van der Waals surface area contributed by atoms with Crippen LogP contribution in [0.3, 0.4) is 0 Å². The van der Waals surface area contributed by atoms with Gasteiger partial charge in [0.05, 0.1) is 24.5 Å². The van der Waals surface area contributed by atoms with Crippen molar-refractivity contribution in [3.8, 4) is 5.75 Å². The van der Waals surface area contributed by atoms with Crippen molar-refractivity contribution in [2.45, 2.75) is 26.9 Å². The van der Waals surface area contributed by atoms with Gasteiger partial charge in [-0.25, -0.2) is 4.98 Å². The number of nitrogens with zero attached hydrogens (tertiary/aromatic N) is 2. The van der Waals surface area contributed by atoms with Gasteiger partial charge in [0, 0.05) is 12.1 Å². The smallest absolute Gasteiger partial charge is 0.240 e. The lowest BCUT2D eigenvalue weighted by Gasteiger charge is -2.10. The molecule has 1 N–H and O–H groups in total. The van der Waals surface area contributed by atoms with Gasteiger partial charge in [0.2, 0.25) is 5.91 Å². The molecule has 5 heteroatoms. The molecule has 3 aromatic rings. The minimum absolute atomic E-state index is 0.0570. The van der Waals surface area contributed by atoms with E-state index < -0.39 is 0 Å². The highest BCUT2D eigenvalue weighted by atomic mass is 16.5. The van der Waals surface area contributed by atoms with Gasteiger partial charge in [-0.2, -0.15) is 0 Å². The van der Waals surface area contributed by atoms with E-state index in [0.29, 0.717) is 6.54 Å². The molecule has 0 atom stereocenters. The molecule has 0 unspecified atom stereocenters. The van der Waals surface area contributed by atoms with Crippen molar-refractivity contribution in [3.63, 3.8) is 0 Å². The number of amides is 1. The molecule has 0 radical (unpaired) electrons. The number of carbonyl (C=O) groups is 1. The van der Waals surface area contributed by atoms with Crippen molar-refractivity contribution in [3.05, 3.63) is 59.4 Å². The van der Waals surface area contributed by atoms with Crippen LogP contribution in [0.4, 0.5) is 0 Å². The van der Waals surface area contributed by atoms with Gasteiger partial charge in [0.25, 0.3) is 0 Å². The van der Waals surface area contributed by atoms with Crippen molar-refractivity contribution in [2.75, 3.05) is 7.11 Å². The lowest BCUT2D eigenvalue weighted by atomic mass is 10.1. The van der Waals surface area contributed by atoms with Crippen LogP contribution in [0.25, 0.3) is 11.0 Å². The van der Waals surface area contributed by atoms with Gasteiger partial charge in [-0.15, -0.1) is 0 Å². The third kappa shape index (κ3) is 3.25. The topological polar surface area (TPSA) is 56.1 Å². The maximum atomic E-state index is 12.3. The summed E-state index contributed by atoms with van der Waals surface area (Å²) in [6.07, 6.45) is 1.71. The van der Waals surface area contributed by atoms with E-state index in [1.807, 2.05) is 34.9 Å². The summed E-state index contributed by atoms with van der Waals surface area (Å²) in [7, 11) is 1.63. The number of aryl methyl sites for hydroxylation is 2. The molecule has 0 aliphatic carbocycles. The number of aromatic nitrogens is 2. The predicted octanol–water partition coefficient (Wildman–Crippen LogP) is 2.98. The normalized spacial score (nSPS) is 10.8. The monoisotopic (exact) mass is 323 g/mol. The first kappa shape index (κ1) is 16.1. The van der Waals surface area contributed by atoms with Gasteiger partial charge in [-0.1, -0.05) is 18.2 Å². The number of methoxy groups -OCH3 is 1. The first-order valence-electron chi connectivity index (χ1n) is 7.89. The molecule has 0 aliphatic heterocycles. The van der Waals surface area contributed by atoms with Gasteiger partial charge in [0.1, 0.15) is 12.3 Å². The summed E-state index contributed by atoms with van der Waals surface area (Å²) in [5, 5.41) is 2.94. The van der Waals surface area contributed by atoms with Crippen LogP contribution >= 0.6 is 0 Å². The van der Waals surface area contributed by atoms with Gasteiger partial charge in [-0.3, -0.25) is 4.79 Å². The third-order valence-electron chi connectivity index (χ3n) is 4.22. The summed E-state index contributed by atoms with van der Waals surface area (Å²) in [5.41, 5.74) is 5.24. The lowest BCUT2D eigenvalue weighted by Crippen LogP contribution is -2.27. The van der Waals surface area contributed by atoms with E-state index in [-0.39, 0.29) is 12.5 Å². The summed E-state index contributed by atoms with van der Waals surface area (Å²) in [6, 6.07) is 11.8. The number of para-hydroxylation sites is 1. The highest BCUT2D eigenvalue weighted by Gasteiger charge is 2.09. The van der Waals surface area contributed by atoms with Gasteiger partial charge < -0.3 is 14.6 Å². The van der Waals surface area contributed by atoms with E-state index in [9.17, 15) is 4.79 Å². The number of nitrogens with one attached hydrogen (secondary N) is 1. The maximum absolute atomic E-state index is 12.3. The van der Waals surface area contributed by atoms with E-state index in [0.717, 1.165) is 22.3 Å². The molecule has 3 rings (SSSR count). The van der Waals surface area contributed by atoms with Crippen molar-refractivity contribution in [2.24, 2.45) is 0 Å². The zero-order chi connectivity index (χ0) is 17.1. The molecule has 1 aromatic heterocycles. The largest absolute Gasteiger partial charge is 0.496 e. The quantitative estimate of drug-likeness (QED) is 0.785. The second kappa shape index (κ2) is 6.74. The third-order valence-corrected chi connectivity index (χ3v) is 4.22. The number of imidazole rings is 1. The lowest BCUT2D eigenvalue weighted by molar-refractivity contribution is -0.121. The molecule has 0 saturated carbocycles. The van der Waals surface area contributed by atoms with Crippen LogP contribution in [0, 0.1) is 13.8 Å². The number of rotatable bonds is 5. The van der Waals surface area contributed by atoms with Crippen LogP contribution < -0.4 is 10.1 Å². The van der Waals surface area contributed by atoms with E-state index >= 15 is 0 Å². The zero-order valence-corrected chi connectivity index (χ0v) is 14.2. The first-order valence-corrected chi connectivity index (χ1v) is 7.89. The van der Waals surface area contributed by atoms with Crippen molar-refractivity contribution >= 4 is 16.9 Å². The van der Waals surface area contributed by atoms with Crippen molar-refractivity contribution in [1.29, 1.82) is 0 Å². The van der Waals surface area contributed by atoms with Gasteiger partial charge >= 0.3 is 0 Å². The molecule has 1 heterocycles. The summed E-state index contributed by atoms with van der Waals surface area (Å²) in [6.45, 7) is 4.81. The summed E-state index contributed by atoms with van der Waals surface area (Å²) >= 11 is 0. The molecule has 1 amide bonds. The Balaban J connectivity index is 1.70. The zero-order valence-electron chi connectivity index (χ0n) is 14.2. The van der Waals surface area contributed by atoms with E-state index in [2.05, 4.69) is 30.2 Å². The fourth-order valence-corrected chi connectivity index (χ4v) is 2.69. The average molecular weight is 323 g/mol. The van der Waals surface area contributed by atoms with E-state index in [1.54, 1.807) is 13.4 Å². The fraction of sp³-hybridized carbons (Fsp3) is 0.263. The average Bonchev–Trinajstić information content (AvgIpc) is 2.95. The summed E-state index contributed by atoms with van der Waals surface area (Å²) < 4.78 is 7.17. The van der Waals surface area contributed by atoms with Crippen molar-refractivity contribution < 1.29 is 9.53 Å². The fourth-order valence-electron chi connectivity index (χ4n) is 2.69. The highest BCUT2D eigenvalue weighted by Crippen LogP contribution is 2.19. The Morgan fingerprint density at radius 3 is 2.75 bits per heavy atom. The minimum atomic E-state index is -0.0570. The number of fused-ring (bicyclic) bond motifs is 1. The molecule has 2 aromatic carbocycles. The molecule has 0 aliphatic rings. The van der Waals surface area contributed by atoms with Gasteiger partial charge in [-0.05, 0) is 43.2 Å². The van der Waals surface area contributed by atoms with E-state index in [1.165, 1.54) is 11.1 Å². The van der Waals surface area contributed by atoms with Crippen LogP contribution in [0.2, 0.25) is 0 Å². The standard InChI is InChI=1S/C19H21N3O2/c1-13-8-16-17(9-14(13)2)22(12-21-16)11-19(23)20-10-15-6-4-5-7-18(15)24-3/h4-9,12H,10-11H2,1-3H3,(H,20,23). The molecule has 0 saturated heterocycles. The first-order chi connectivity index (χ1) is 11.6. The number of hydrogen-bond donors (Lipinski definition) is 1. The maximum Gasteiger partial charge on any atom is 0.240 e. The van der Waals surface area contributed by atoms with Crippen molar-refractivity contribution in [1.82, 2.24) is 14.9 Å². The Labute approximate surface area is 141 Å². The highest BCUT2D eigenvalue weighted by molar-refractivity contribution is 5.81. The van der Waals surface area contributed by atoms with Crippen LogP contribution in [0.1, 0.15) is 16.7 Å². The molecular formula is C19H21N3O2. The molecule has 5 nitrogen and oxygen atoms in total. The number of ether oxygens (including phenoxy) is 1.